The molecule has 5 nitrogen and oxygen atoms in total. The summed E-state index contributed by atoms with van der Waals surface area (Å²) < 4.78 is 6.86. The lowest BCUT2D eigenvalue weighted by Crippen LogP contribution is -2.52. The summed E-state index contributed by atoms with van der Waals surface area (Å²) in [5, 5.41) is 13.7. The van der Waals surface area contributed by atoms with Crippen molar-refractivity contribution in [1.82, 2.24) is 0 Å². The van der Waals surface area contributed by atoms with Crippen molar-refractivity contribution in [3.63, 3.8) is 0 Å². The van der Waals surface area contributed by atoms with Crippen molar-refractivity contribution < 1.29 is 9.53 Å². The zero-order valence-corrected chi connectivity index (χ0v) is 17.7. The SMILES string of the molecule is CC(C)[Si](O[C@H]1CC[C@](CO)(N=[N+]=[N-])[C@H]1I)(C(C)C)C(C)C. The van der Waals surface area contributed by atoms with Crippen molar-refractivity contribution in [3.8, 4) is 0 Å². The second-order valence-electron chi connectivity index (χ2n) is 7.37. The number of aliphatic hydroxyl groups is 1. The predicted molar refractivity (Wildman–Crippen MR) is 102 cm³/mol. The Morgan fingerprint density at radius 1 is 1.27 bits per heavy atom. The Hall–Kier alpha value is 0.177. The Labute approximate surface area is 149 Å². The highest BCUT2D eigenvalue weighted by molar-refractivity contribution is 14.1. The molecule has 128 valence electrons. The number of nitrogens with zero attached hydrogens (tertiary/aromatic N) is 3. The van der Waals surface area contributed by atoms with E-state index in [4.69, 9.17) is 9.96 Å². The molecular formula is C15H30IN3O2Si. The van der Waals surface area contributed by atoms with Crippen LogP contribution in [0, 0.1) is 0 Å². The highest BCUT2D eigenvalue weighted by Gasteiger charge is 2.53. The summed E-state index contributed by atoms with van der Waals surface area (Å²) >= 11 is 2.31. The molecule has 1 rings (SSSR count). The first kappa shape index (κ1) is 20.2. The van der Waals surface area contributed by atoms with Crippen LogP contribution in [0.5, 0.6) is 0 Å². The number of rotatable bonds is 7. The summed E-state index contributed by atoms with van der Waals surface area (Å²) in [7, 11) is -1.95. The van der Waals surface area contributed by atoms with Crippen molar-refractivity contribution in [2.45, 2.75) is 86.6 Å². The van der Waals surface area contributed by atoms with Crippen molar-refractivity contribution in [2.75, 3.05) is 6.61 Å². The van der Waals surface area contributed by atoms with Crippen LogP contribution in [-0.2, 0) is 4.43 Å². The molecule has 0 aromatic carbocycles. The quantitative estimate of drug-likeness (QED) is 0.148. The van der Waals surface area contributed by atoms with Crippen molar-refractivity contribution >= 4 is 30.9 Å². The van der Waals surface area contributed by atoms with Gasteiger partial charge in [0, 0.05) is 8.84 Å². The lowest BCUT2D eigenvalue weighted by atomic mass is 10.0. The van der Waals surface area contributed by atoms with Gasteiger partial charge in [0.15, 0.2) is 0 Å². The molecule has 0 radical (unpaired) electrons. The molecule has 1 N–H and O–H groups in total. The molecule has 0 bridgehead atoms. The molecule has 0 amide bonds. The molecular weight excluding hydrogens is 409 g/mol. The third kappa shape index (κ3) is 3.48. The molecule has 1 aliphatic carbocycles. The van der Waals surface area contributed by atoms with Gasteiger partial charge in [-0.25, -0.2) is 0 Å². The second kappa shape index (κ2) is 7.83. The van der Waals surface area contributed by atoms with Gasteiger partial charge < -0.3 is 9.53 Å². The molecule has 0 aliphatic heterocycles. The van der Waals surface area contributed by atoms with Gasteiger partial charge in [-0.2, -0.15) is 0 Å². The number of azide groups is 1. The maximum Gasteiger partial charge on any atom is 0.200 e. The van der Waals surface area contributed by atoms with E-state index in [0.717, 1.165) is 6.42 Å². The standard InChI is InChI=1S/C15H30IN3O2Si/c1-10(2)22(11(3)4,12(5)6)21-13-7-8-15(9-20,14(13)16)18-19-17/h10-14,20H,7-9H2,1-6H3/t13-,14-,15+/m0/s1. The van der Waals surface area contributed by atoms with Gasteiger partial charge in [-0.15, -0.1) is 0 Å². The van der Waals surface area contributed by atoms with Crippen LogP contribution in [0.1, 0.15) is 54.4 Å². The number of halogens is 1. The summed E-state index contributed by atoms with van der Waals surface area (Å²) in [4.78, 5) is 2.96. The first-order chi connectivity index (χ1) is 10.2. The smallest absolute Gasteiger partial charge is 0.200 e. The van der Waals surface area contributed by atoms with Gasteiger partial charge in [0.1, 0.15) is 0 Å². The maximum absolute atomic E-state index is 9.75. The third-order valence-corrected chi connectivity index (χ3v) is 13.4. The minimum absolute atomic E-state index is 0.0223. The molecule has 22 heavy (non-hydrogen) atoms. The first-order valence-corrected chi connectivity index (χ1v) is 11.6. The van der Waals surface area contributed by atoms with Crippen LogP contribution in [0.2, 0.25) is 16.6 Å². The van der Waals surface area contributed by atoms with E-state index in [9.17, 15) is 5.11 Å². The zero-order chi connectivity index (χ0) is 17.1. The van der Waals surface area contributed by atoms with Crippen LogP contribution in [0.15, 0.2) is 5.11 Å². The van der Waals surface area contributed by atoms with Gasteiger partial charge in [-0.05, 0) is 35.0 Å². The lowest BCUT2D eigenvalue weighted by Gasteiger charge is -2.45. The van der Waals surface area contributed by atoms with Gasteiger partial charge >= 0.3 is 0 Å². The lowest BCUT2D eigenvalue weighted by molar-refractivity contribution is 0.163. The van der Waals surface area contributed by atoms with Gasteiger partial charge in [0.05, 0.1) is 18.2 Å². The van der Waals surface area contributed by atoms with Gasteiger partial charge in [-0.1, -0.05) is 69.2 Å². The maximum atomic E-state index is 9.75. The van der Waals surface area contributed by atoms with Crippen molar-refractivity contribution in [3.05, 3.63) is 10.4 Å². The van der Waals surface area contributed by atoms with E-state index < -0.39 is 13.9 Å². The van der Waals surface area contributed by atoms with Crippen LogP contribution < -0.4 is 0 Å². The number of hydrogen-bond acceptors (Lipinski definition) is 3. The average Bonchev–Trinajstić information content (AvgIpc) is 2.73. The van der Waals surface area contributed by atoms with E-state index in [2.05, 4.69) is 74.2 Å². The molecule has 1 saturated carbocycles. The fraction of sp³-hybridized carbons (Fsp3) is 1.00. The highest BCUT2D eigenvalue weighted by atomic mass is 127. The Morgan fingerprint density at radius 2 is 1.77 bits per heavy atom. The molecule has 0 unspecified atom stereocenters. The molecule has 0 heterocycles. The highest BCUT2D eigenvalue weighted by Crippen LogP contribution is 2.48. The fourth-order valence-electron chi connectivity index (χ4n) is 4.20. The number of hydrogen-bond donors (Lipinski definition) is 1. The minimum Gasteiger partial charge on any atom is -0.412 e. The average molecular weight is 439 g/mol. The molecule has 3 atom stereocenters. The summed E-state index contributed by atoms with van der Waals surface area (Å²) in [5.74, 6) is 0. The molecule has 7 heteroatoms. The third-order valence-electron chi connectivity index (χ3n) is 5.28. The molecule has 1 fully saturated rings. The molecule has 0 aromatic rings. The first-order valence-electron chi connectivity index (χ1n) is 8.17. The Morgan fingerprint density at radius 3 is 2.14 bits per heavy atom. The molecule has 0 saturated heterocycles. The van der Waals surface area contributed by atoms with E-state index in [1.165, 1.54) is 0 Å². The minimum atomic E-state index is -1.95. The zero-order valence-electron chi connectivity index (χ0n) is 14.6. The molecule has 0 spiro atoms. The van der Waals surface area contributed by atoms with Crippen molar-refractivity contribution in [2.24, 2.45) is 5.11 Å². The fourth-order valence-corrected chi connectivity index (χ4v) is 11.2. The van der Waals surface area contributed by atoms with E-state index in [1.807, 2.05) is 0 Å². The molecule has 1 aliphatic rings. The van der Waals surface area contributed by atoms with Crippen LogP contribution in [0.25, 0.3) is 10.4 Å². The molecule has 0 aromatic heterocycles. The van der Waals surface area contributed by atoms with Gasteiger partial charge in [0.2, 0.25) is 8.32 Å². The van der Waals surface area contributed by atoms with Crippen LogP contribution >= 0.6 is 22.6 Å². The van der Waals surface area contributed by atoms with E-state index in [0.29, 0.717) is 23.0 Å². The van der Waals surface area contributed by atoms with Gasteiger partial charge in [-0.3, -0.25) is 0 Å². The predicted octanol–water partition coefficient (Wildman–Crippen LogP) is 5.19. The number of alkyl halides is 1. The summed E-state index contributed by atoms with van der Waals surface area (Å²) in [6.07, 6.45) is 1.62. The van der Waals surface area contributed by atoms with Crippen LogP contribution in [-0.4, -0.2) is 35.6 Å². The van der Waals surface area contributed by atoms with E-state index >= 15 is 0 Å². The summed E-state index contributed by atoms with van der Waals surface area (Å²) in [6.45, 7) is 13.5. The normalized spacial score (nSPS) is 29.4. The van der Waals surface area contributed by atoms with Crippen LogP contribution in [0.4, 0.5) is 0 Å². The Kier molecular flexibility index (Phi) is 7.20. The monoisotopic (exact) mass is 439 g/mol. The second-order valence-corrected chi connectivity index (χ2v) is 14.1. The topological polar surface area (TPSA) is 78.2 Å². The Bertz CT molecular complexity index is 405. The van der Waals surface area contributed by atoms with Crippen molar-refractivity contribution in [1.29, 1.82) is 0 Å². The van der Waals surface area contributed by atoms with Gasteiger partial charge in [0.25, 0.3) is 0 Å². The van der Waals surface area contributed by atoms with E-state index in [-0.39, 0.29) is 16.6 Å². The van der Waals surface area contributed by atoms with Crippen LogP contribution in [0.3, 0.4) is 0 Å². The van der Waals surface area contributed by atoms with E-state index in [1.54, 1.807) is 0 Å². The summed E-state index contributed by atoms with van der Waals surface area (Å²) in [5.41, 5.74) is 9.72. The number of aliphatic hydroxyl groups excluding tert-OH is 1. The Balaban J connectivity index is 3.09. The largest absolute Gasteiger partial charge is 0.412 e. The summed E-state index contributed by atoms with van der Waals surface area (Å²) in [6, 6.07) is 0.